The van der Waals surface area contributed by atoms with E-state index in [1.165, 1.54) is 0 Å². The van der Waals surface area contributed by atoms with Gasteiger partial charge in [0.15, 0.2) is 5.11 Å². The van der Waals surface area contributed by atoms with Crippen LogP contribution < -0.4 is 20.1 Å². The summed E-state index contributed by atoms with van der Waals surface area (Å²) >= 11 is 5.33. The molecule has 5 heteroatoms. The van der Waals surface area contributed by atoms with Crippen LogP contribution in [0.15, 0.2) is 48.5 Å². The number of hydrogen-bond donors (Lipinski definition) is 2. The molecular formula is C18H22N2O2S. The fourth-order valence-corrected chi connectivity index (χ4v) is 2.39. The topological polar surface area (TPSA) is 42.5 Å². The number of aryl methyl sites for hydroxylation is 1. The van der Waals surface area contributed by atoms with E-state index in [9.17, 15) is 0 Å². The first-order valence-electron chi connectivity index (χ1n) is 7.48. The van der Waals surface area contributed by atoms with Crippen molar-refractivity contribution in [2.75, 3.05) is 19.0 Å². The minimum absolute atomic E-state index is 0.0835. The molecule has 0 aliphatic carbocycles. The van der Waals surface area contributed by atoms with Gasteiger partial charge in [0.25, 0.3) is 0 Å². The van der Waals surface area contributed by atoms with Crippen LogP contribution in [0.1, 0.15) is 12.5 Å². The second kappa shape index (κ2) is 8.39. The molecule has 0 aromatic heterocycles. The first-order valence-corrected chi connectivity index (χ1v) is 7.89. The molecule has 0 fully saturated rings. The summed E-state index contributed by atoms with van der Waals surface area (Å²) < 4.78 is 11.0. The van der Waals surface area contributed by atoms with Crippen LogP contribution in [0, 0.1) is 6.92 Å². The van der Waals surface area contributed by atoms with E-state index in [1.807, 2.05) is 62.4 Å². The molecule has 2 aromatic rings. The number of thiocarbonyl (C=S) groups is 1. The summed E-state index contributed by atoms with van der Waals surface area (Å²) in [5.74, 6) is 1.68. The van der Waals surface area contributed by atoms with Gasteiger partial charge in [-0.05, 0) is 49.8 Å². The monoisotopic (exact) mass is 330 g/mol. The third-order valence-corrected chi connectivity index (χ3v) is 3.51. The van der Waals surface area contributed by atoms with E-state index >= 15 is 0 Å². The van der Waals surface area contributed by atoms with Gasteiger partial charge in [0.1, 0.15) is 18.1 Å². The zero-order valence-electron chi connectivity index (χ0n) is 13.6. The SMILES string of the molecule is COc1cccc(NC(=S)NC(C)COc2ccccc2C)c1. The Labute approximate surface area is 142 Å². The van der Waals surface area contributed by atoms with Crippen LogP contribution in [0.4, 0.5) is 5.69 Å². The van der Waals surface area contributed by atoms with Crippen LogP contribution in [0.5, 0.6) is 11.5 Å². The third kappa shape index (κ3) is 5.45. The number of hydrogen-bond acceptors (Lipinski definition) is 3. The Balaban J connectivity index is 1.81. The number of rotatable bonds is 6. The highest BCUT2D eigenvalue weighted by atomic mass is 32.1. The molecule has 2 N–H and O–H groups in total. The van der Waals surface area contributed by atoms with E-state index in [2.05, 4.69) is 10.6 Å². The second-order valence-corrected chi connectivity index (χ2v) is 5.72. The molecule has 0 saturated heterocycles. The molecule has 23 heavy (non-hydrogen) atoms. The van der Waals surface area contributed by atoms with Gasteiger partial charge in [-0.2, -0.15) is 0 Å². The Morgan fingerprint density at radius 3 is 2.70 bits per heavy atom. The van der Waals surface area contributed by atoms with E-state index in [1.54, 1.807) is 7.11 Å². The molecule has 0 spiro atoms. The molecule has 0 radical (unpaired) electrons. The lowest BCUT2D eigenvalue weighted by molar-refractivity contribution is 0.285. The fraction of sp³-hybridized carbons (Fsp3) is 0.278. The number of benzene rings is 2. The van der Waals surface area contributed by atoms with Crippen molar-refractivity contribution in [2.45, 2.75) is 19.9 Å². The second-order valence-electron chi connectivity index (χ2n) is 5.31. The lowest BCUT2D eigenvalue weighted by Gasteiger charge is -2.18. The van der Waals surface area contributed by atoms with Gasteiger partial charge >= 0.3 is 0 Å². The summed E-state index contributed by atoms with van der Waals surface area (Å²) in [5, 5.41) is 6.91. The Morgan fingerprint density at radius 1 is 1.17 bits per heavy atom. The van der Waals surface area contributed by atoms with Crippen LogP contribution in [-0.2, 0) is 0 Å². The first-order chi connectivity index (χ1) is 11.1. The predicted octanol–water partition coefficient (Wildman–Crippen LogP) is 3.76. The first kappa shape index (κ1) is 17.1. The average molecular weight is 330 g/mol. The maximum Gasteiger partial charge on any atom is 0.171 e. The van der Waals surface area contributed by atoms with Crippen molar-refractivity contribution in [3.8, 4) is 11.5 Å². The van der Waals surface area contributed by atoms with Crippen molar-refractivity contribution in [3.63, 3.8) is 0 Å². The molecule has 1 unspecified atom stereocenters. The van der Waals surface area contributed by atoms with E-state index in [-0.39, 0.29) is 6.04 Å². The number of nitrogens with one attached hydrogen (secondary N) is 2. The van der Waals surface area contributed by atoms with E-state index in [0.717, 1.165) is 22.7 Å². The van der Waals surface area contributed by atoms with Crippen molar-refractivity contribution in [2.24, 2.45) is 0 Å². The van der Waals surface area contributed by atoms with Gasteiger partial charge in [-0.3, -0.25) is 0 Å². The smallest absolute Gasteiger partial charge is 0.171 e. The van der Waals surface area contributed by atoms with Crippen molar-refractivity contribution < 1.29 is 9.47 Å². The quantitative estimate of drug-likeness (QED) is 0.790. The highest BCUT2D eigenvalue weighted by Gasteiger charge is 2.07. The molecule has 0 amide bonds. The van der Waals surface area contributed by atoms with Gasteiger partial charge in [-0.25, -0.2) is 0 Å². The summed E-state index contributed by atoms with van der Waals surface area (Å²) in [5.41, 5.74) is 2.01. The molecular weight excluding hydrogens is 308 g/mol. The van der Waals surface area contributed by atoms with Crippen molar-refractivity contribution in [1.29, 1.82) is 0 Å². The lowest BCUT2D eigenvalue weighted by atomic mass is 10.2. The van der Waals surface area contributed by atoms with Crippen LogP contribution in [-0.4, -0.2) is 24.9 Å². The summed E-state index contributed by atoms with van der Waals surface area (Å²) in [4.78, 5) is 0. The normalized spacial score (nSPS) is 11.4. The van der Waals surface area contributed by atoms with Gasteiger partial charge < -0.3 is 20.1 Å². The van der Waals surface area contributed by atoms with Crippen molar-refractivity contribution in [3.05, 3.63) is 54.1 Å². The van der Waals surface area contributed by atoms with Gasteiger partial charge in [0, 0.05) is 11.8 Å². The van der Waals surface area contributed by atoms with Crippen molar-refractivity contribution in [1.82, 2.24) is 5.32 Å². The molecule has 122 valence electrons. The third-order valence-electron chi connectivity index (χ3n) is 3.29. The predicted molar refractivity (Wildman–Crippen MR) is 98.5 cm³/mol. The minimum atomic E-state index is 0.0835. The number of ether oxygens (including phenoxy) is 2. The molecule has 2 rings (SSSR count). The summed E-state index contributed by atoms with van der Waals surface area (Å²) in [7, 11) is 1.64. The number of methoxy groups -OCH3 is 1. The summed E-state index contributed by atoms with van der Waals surface area (Å²) in [6, 6.07) is 15.7. The number of para-hydroxylation sites is 1. The van der Waals surface area contributed by atoms with Gasteiger partial charge in [0.2, 0.25) is 0 Å². The zero-order chi connectivity index (χ0) is 16.7. The van der Waals surface area contributed by atoms with Gasteiger partial charge in [0.05, 0.1) is 13.2 Å². The van der Waals surface area contributed by atoms with Crippen LogP contribution in [0.2, 0.25) is 0 Å². The minimum Gasteiger partial charge on any atom is -0.497 e. The van der Waals surface area contributed by atoms with Crippen LogP contribution in [0.3, 0.4) is 0 Å². The average Bonchev–Trinajstić information content (AvgIpc) is 2.54. The number of anilines is 1. The van der Waals surface area contributed by atoms with Crippen LogP contribution in [0.25, 0.3) is 0 Å². The standard InChI is InChI=1S/C18H22N2O2S/c1-13-7-4-5-10-17(13)22-12-14(2)19-18(23)20-15-8-6-9-16(11-15)21-3/h4-11,14H,12H2,1-3H3,(H2,19,20,23). The van der Waals surface area contributed by atoms with Gasteiger partial charge in [-0.15, -0.1) is 0 Å². The summed E-state index contributed by atoms with van der Waals surface area (Å²) in [6.07, 6.45) is 0. The molecule has 1 atom stereocenters. The molecule has 0 heterocycles. The van der Waals surface area contributed by atoms with Crippen molar-refractivity contribution >= 4 is 23.0 Å². The molecule has 0 bridgehead atoms. The Bertz CT molecular complexity index is 661. The Hall–Kier alpha value is -2.27. The molecule has 0 aliphatic heterocycles. The molecule has 4 nitrogen and oxygen atoms in total. The van der Waals surface area contributed by atoms with E-state index < -0.39 is 0 Å². The Kier molecular flexibility index (Phi) is 6.23. The molecule has 0 aliphatic rings. The highest BCUT2D eigenvalue weighted by Crippen LogP contribution is 2.17. The molecule has 2 aromatic carbocycles. The largest absolute Gasteiger partial charge is 0.497 e. The van der Waals surface area contributed by atoms with E-state index in [0.29, 0.717) is 11.7 Å². The molecule has 0 saturated carbocycles. The maximum atomic E-state index is 5.82. The highest BCUT2D eigenvalue weighted by molar-refractivity contribution is 7.80. The summed E-state index contributed by atoms with van der Waals surface area (Å²) in [6.45, 7) is 4.59. The maximum absolute atomic E-state index is 5.82. The van der Waals surface area contributed by atoms with E-state index in [4.69, 9.17) is 21.7 Å². The lowest BCUT2D eigenvalue weighted by Crippen LogP contribution is -2.39. The zero-order valence-corrected chi connectivity index (χ0v) is 14.4. The Morgan fingerprint density at radius 2 is 1.96 bits per heavy atom. The van der Waals surface area contributed by atoms with Gasteiger partial charge in [-0.1, -0.05) is 24.3 Å². The van der Waals surface area contributed by atoms with Crippen LogP contribution >= 0.6 is 12.2 Å². The fourth-order valence-electron chi connectivity index (χ4n) is 2.07.